The standard InChI is InChI=1S/C4H5BrO4.2Na/c5-2(4(8)9)1-3(6)7;;/h2H,1H2,(H,6,7)(H,8,9);;/q;2*+1/p-2/t2-;;/m1../s1. The van der Waals surface area contributed by atoms with E-state index in [-0.39, 0.29) is 59.1 Å². The second-order valence-corrected chi connectivity index (χ2v) is 2.47. The summed E-state index contributed by atoms with van der Waals surface area (Å²) in [6.07, 6.45) is -0.567. The first kappa shape index (κ1) is 18.3. The zero-order valence-corrected chi connectivity index (χ0v) is 11.9. The Balaban J connectivity index is -0.000000320. The molecule has 0 spiro atoms. The largest absolute Gasteiger partial charge is 1.00 e. The van der Waals surface area contributed by atoms with Crippen LogP contribution in [0.3, 0.4) is 0 Å². The van der Waals surface area contributed by atoms with Crippen molar-refractivity contribution >= 4 is 27.9 Å². The van der Waals surface area contributed by atoms with Gasteiger partial charge in [-0.05, 0) is 0 Å². The minimum absolute atomic E-state index is 0. The number of hydrogen-bond donors (Lipinski definition) is 0. The summed E-state index contributed by atoms with van der Waals surface area (Å²) in [4.78, 5) is 18.3. The van der Waals surface area contributed by atoms with Crippen LogP contribution in [0, 0.1) is 0 Å². The second kappa shape index (κ2) is 9.51. The SMILES string of the molecule is O=C([O-])C[C@@H](Br)C(=O)[O-].[Na+].[Na+]. The van der Waals surface area contributed by atoms with Gasteiger partial charge in [0.1, 0.15) is 0 Å². The number of carboxylic acids is 2. The van der Waals surface area contributed by atoms with E-state index in [1.807, 2.05) is 0 Å². The summed E-state index contributed by atoms with van der Waals surface area (Å²) in [6.45, 7) is 0. The number of carboxylic acid groups (broad SMARTS) is 2. The van der Waals surface area contributed by atoms with Crippen molar-refractivity contribution in [1.29, 1.82) is 0 Å². The Bertz CT molecular complexity index is 140. The number of hydrogen-bond acceptors (Lipinski definition) is 4. The molecule has 0 N–H and O–H groups in total. The van der Waals surface area contributed by atoms with Crippen LogP contribution in [0.2, 0.25) is 0 Å². The molecule has 0 rings (SSSR count). The number of halogens is 1. The van der Waals surface area contributed by atoms with Gasteiger partial charge in [0.2, 0.25) is 0 Å². The Labute approximate surface area is 116 Å². The van der Waals surface area contributed by atoms with E-state index in [0.29, 0.717) is 0 Å². The quantitative estimate of drug-likeness (QED) is 0.363. The molecule has 1 atom stereocenters. The fourth-order valence-electron chi connectivity index (χ4n) is 0.230. The molecule has 0 aromatic carbocycles. The van der Waals surface area contributed by atoms with Gasteiger partial charge in [0, 0.05) is 12.4 Å². The Morgan fingerprint density at radius 2 is 1.64 bits per heavy atom. The van der Waals surface area contributed by atoms with E-state index in [9.17, 15) is 19.8 Å². The van der Waals surface area contributed by atoms with Crippen LogP contribution in [-0.4, -0.2) is 16.8 Å². The van der Waals surface area contributed by atoms with Gasteiger partial charge < -0.3 is 19.8 Å². The molecule has 0 aliphatic heterocycles. The molecule has 0 aliphatic carbocycles. The van der Waals surface area contributed by atoms with Crippen molar-refractivity contribution in [3.63, 3.8) is 0 Å². The molecule has 0 aliphatic rings. The molecule has 0 amide bonds. The molecule has 0 radical (unpaired) electrons. The van der Waals surface area contributed by atoms with Crippen molar-refractivity contribution < 1.29 is 78.9 Å². The van der Waals surface area contributed by atoms with E-state index < -0.39 is 23.2 Å². The van der Waals surface area contributed by atoms with Crippen molar-refractivity contribution in [2.45, 2.75) is 11.2 Å². The fourth-order valence-corrected chi connectivity index (χ4v) is 0.494. The van der Waals surface area contributed by atoms with Crippen LogP contribution in [0.4, 0.5) is 0 Å². The van der Waals surface area contributed by atoms with Gasteiger partial charge in [0.25, 0.3) is 0 Å². The smallest absolute Gasteiger partial charge is 0.550 e. The van der Waals surface area contributed by atoms with Gasteiger partial charge in [0.15, 0.2) is 0 Å². The summed E-state index contributed by atoms with van der Waals surface area (Å²) < 4.78 is 0. The predicted molar refractivity (Wildman–Crippen MR) is 27.3 cm³/mol. The molecule has 4 nitrogen and oxygen atoms in total. The van der Waals surface area contributed by atoms with Crippen LogP contribution < -0.4 is 69.3 Å². The van der Waals surface area contributed by atoms with Crippen LogP contribution in [0.15, 0.2) is 0 Å². The van der Waals surface area contributed by atoms with E-state index in [4.69, 9.17) is 0 Å². The summed E-state index contributed by atoms with van der Waals surface area (Å²) >= 11 is 2.56. The third-order valence-electron chi connectivity index (χ3n) is 0.602. The molecule has 0 fully saturated rings. The minimum Gasteiger partial charge on any atom is -0.550 e. The molecular weight excluding hydrogens is 238 g/mol. The average Bonchev–Trinajstić information content (AvgIpc) is 1.63. The monoisotopic (exact) mass is 240 g/mol. The summed E-state index contributed by atoms with van der Waals surface area (Å²) in [7, 11) is 0. The van der Waals surface area contributed by atoms with E-state index in [2.05, 4.69) is 15.9 Å². The maximum atomic E-state index is 9.79. The number of carbonyl (C=O) groups excluding carboxylic acids is 2. The number of aliphatic carboxylic acids is 2. The Morgan fingerprint density at radius 3 is 1.73 bits per heavy atom. The van der Waals surface area contributed by atoms with Crippen LogP contribution in [0.5, 0.6) is 0 Å². The van der Waals surface area contributed by atoms with Gasteiger partial charge in [-0.3, -0.25) is 0 Å². The Kier molecular flexibility index (Phi) is 15.8. The van der Waals surface area contributed by atoms with E-state index in [1.165, 1.54) is 0 Å². The molecule has 0 bridgehead atoms. The first-order valence-corrected chi connectivity index (χ1v) is 3.00. The summed E-state index contributed by atoms with van der Waals surface area (Å²) in [5.74, 6) is -2.86. The van der Waals surface area contributed by atoms with Crippen molar-refractivity contribution in [3.8, 4) is 0 Å². The Morgan fingerprint density at radius 1 is 1.27 bits per heavy atom. The van der Waals surface area contributed by atoms with Gasteiger partial charge >= 0.3 is 59.1 Å². The maximum absolute atomic E-state index is 9.79. The number of alkyl halides is 1. The van der Waals surface area contributed by atoms with Crippen molar-refractivity contribution in [2.24, 2.45) is 0 Å². The molecule has 0 heterocycles. The van der Waals surface area contributed by atoms with Crippen molar-refractivity contribution in [3.05, 3.63) is 0 Å². The molecule has 11 heavy (non-hydrogen) atoms. The summed E-state index contributed by atoms with van der Waals surface area (Å²) in [5.41, 5.74) is 0. The van der Waals surface area contributed by atoms with Crippen LogP contribution >= 0.6 is 15.9 Å². The van der Waals surface area contributed by atoms with Crippen molar-refractivity contribution in [1.82, 2.24) is 0 Å². The van der Waals surface area contributed by atoms with Gasteiger partial charge in [-0.25, -0.2) is 0 Å². The van der Waals surface area contributed by atoms with Gasteiger partial charge in [-0.1, -0.05) is 15.9 Å². The average molecular weight is 241 g/mol. The molecule has 7 heteroatoms. The molecular formula is C4H3BrNa2O4. The zero-order chi connectivity index (χ0) is 7.44. The van der Waals surface area contributed by atoms with Gasteiger partial charge in [0.05, 0.1) is 10.8 Å². The molecule has 52 valence electrons. The second-order valence-electron chi connectivity index (χ2n) is 1.36. The zero-order valence-electron chi connectivity index (χ0n) is 6.30. The van der Waals surface area contributed by atoms with E-state index in [1.54, 1.807) is 0 Å². The number of carbonyl (C=O) groups is 2. The molecule has 0 saturated carbocycles. The normalized spacial score (nSPS) is 10.3. The molecule has 0 unspecified atom stereocenters. The summed E-state index contributed by atoms with van der Waals surface area (Å²) in [5, 5.41) is 19.5. The fraction of sp³-hybridized carbons (Fsp3) is 0.500. The third kappa shape index (κ3) is 11.4. The molecule has 0 aromatic rings. The van der Waals surface area contributed by atoms with Crippen LogP contribution in [0.1, 0.15) is 6.42 Å². The molecule has 0 saturated heterocycles. The van der Waals surface area contributed by atoms with Gasteiger partial charge in [-0.2, -0.15) is 0 Å². The first-order chi connectivity index (χ1) is 4.04. The van der Waals surface area contributed by atoms with Crippen LogP contribution in [0.25, 0.3) is 0 Å². The molecule has 0 aromatic heterocycles. The maximum Gasteiger partial charge on any atom is 1.00 e. The first-order valence-electron chi connectivity index (χ1n) is 2.09. The van der Waals surface area contributed by atoms with E-state index >= 15 is 0 Å². The topological polar surface area (TPSA) is 80.3 Å². The van der Waals surface area contributed by atoms with E-state index in [0.717, 1.165) is 0 Å². The Hall–Kier alpha value is 1.42. The minimum atomic E-state index is -1.45. The third-order valence-corrected chi connectivity index (χ3v) is 1.30. The number of rotatable bonds is 3. The summed E-state index contributed by atoms with van der Waals surface area (Å²) in [6, 6.07) is 0. The van der Waals surface area contributed by atoms with Gasteiger partial charge in [-0.15, -0.1) is 0 Å². The van der Waals surface area contributed by atoms with Crippen LogP contribution in [-0.2, 0) is 9.59 Å². The predicted octanol–water partition coefficient (Wildman–Crippen LogP) is -8.35. The van der Waals surface area contributed by atoms with Crippen molar-refractivity contribution in [2.75, 3.05) is 0 Å².